The van der Waals surface area contributed by atoms with E-state index in [-0.39, 0.29) is 5.84 Å². The van der Waals surface area contributed by atoms with Crippen molar-refractivity contribution < 1.29 is 18.4 Å². The number of carbonyl (C=O) groups is 2. The van der Waals surface area contributed by atoms with Crippen molar-refractivity contribution in [1.29, 1.82) is 0 Å². The predicted molar refractivity (Wildman–Crippen MR) is 176 cm³/mol. The van der Waals surface area contributed by atoms with Crippen LogP contribution in [0.5, 0.6) is 0 Å². The fourth-order valence-electron chi connectivity index (χ4n) is 4.13. The molecule has 0 bridgehead atoms. The van der Waals surface area contributed by atoms with Crippen molar-refractivity contribution in [2.45, 2.75) is 66.2 Å². The number of nitrogens with zero attached hydrogens (tertiary/aromatic N) is 2. The van der Waals surface area contributed by atoms with Crippen LogP contribution < -0.4 is 16.5 Å². The zero-order valence-corrected chi connectivity index (χ0v) is 26.8. The molecule has 1 aliphatic rings. The Morgan fingerprint density at radius 2 is 1.72 bits per heavy atom. The van der Waals surface area contributed by atoms with E-state index in [4.69, 9.17) is 10.5 Å². The third kappa shape index (κ3) is 18.3. The molecule has 0 saturated carbocycles. The number of unbranched alkanes of at least 4 members (excludes halogenated alkanes) is 1. The van der Waals surface area contributed by atoms with Gasteiger partial charge in [0.15, 0.2) is 5.84 Å². The predicted octanol–water partition coefficient (Wildman–Crippen LogP) is 6.79. The van der Waals surface area contributed by atoms with Gasteiger partial charge in [0.05, 0.1) is 5.70 Å². The number of allylic oxidation sites excluding steroid dienone is 2. The van der Waals surface area contributed by atoms with Crippen LogP contribution in [0.1, 0.15) is 64.0 Å². The number of halogens is 2. The van der Waals surface area contributed by atoms with Crippen molar-refractivity contribution in [3.05, 3.63) is 89.2 Å². The molecule has 43 heavy (non-hydrogen) atoms. The Balaban J connectivity index is 0.000000708. The molecule has 0 aromatic heterocycles. The third-order valence-corrected chi connectivity index (χ3v) is 6.24. The normalized spacial score (nSPS) is 14.8. The number of nitrogens with one attached hydrogen (secondary N) is 2. The lowest BCUT2D eigenvalue weighted by molar-refractivity contribution is -0.105. The van der Waals surface area contributed by atoms with E-state index in [1.807, 2.05) is 12.1 Å². The second kappa shape index (κ2) is 23.7. The summed E-state index contributed by atoms with van der Waals surface area (Å²) in [6.07, 6.45) is 8.89. The van der Waals surface area contributed by atoms with E-state index in [0.717, 1.165) is 49.6 Å². The first-order valence-electron chi connectivity index (χ1n) is 14.8. The fraction of sp³-hybridized carbons (Fsp3) is 0.441. The van der Waals surface area contributed by atoms with Crippen molar-refractivity contribution in [2.24, 2.45) is 16.8 Å². The number of nitrogens with two attached hydrogens (primary N) is 1. The number of amidine groups is 1. The Kier molecular flexibility index (Phi) is 21.6. The van der Waals surface area contributed by atoms with Gasteiger partial charge in [-0.3, -0.25) is 9.59 Å². The van der Waals surface area contributed by atoms with Crippen molar-refractivity contribution in [1.82, 2.24) is 10.3 Å². The molecule has 4 N–H and O–H groups in total. The molecule has 1 fully saturated rings. The molecule has 0 radical (unpaired) electrons. The molecule has 0 amide bonds. The zero-order valence-electron chi connectivity index (χ0n) is 26.8. The van der Waals surface area contributed by atoms with Gasteiger partial charge in [-0.1, -0.05) is 52.3 Å². The summed E-state index contributed by atoms with van der Waals surface area (Å²) in [6, 6.07) is 11.6. The number of anilines is 1. The van der Waals surface area contributed by atoms with Gasteiger partial charge < -0.3 is 21.4 Å². The number of likely N-dealkylation sites (tertiary alicyclic amines) is 1. The summed E-state index contributed by atoms with van der Waals surface area (Å²) in [7, 11) is 3.86. The monoisotopic (exact) mass is 599 g/mol. The summed E-state index contributed by atoms with van der Waals surface area (Å²) < 4.78 is 24.4. The van der Waals surface area contributed by atoms with E-state index in [9.17, 15) is 13.6 Å². The van der Waals surface area contributed by atoms with Crippen LogP contribution >= 0.6 is 0 Å². The van der Waals surface area contributed by atoms with Gasteiger partial charge in [0.2, 0.25) is 0 Å². The topological polar surface area (TPSA) is 99.8 Å². The molecule has 1 heterocycles. The average molecular weight is 600 g/mol. The lowest BCUT2D eigenvalue weighted by Gasteiger charge is -2.14. The van der Waals surface area contributed by atoms with Crippen molar-refractivity contribution >= 4 is 24.1 Å². The smallest absolute Gasteiger partial charge is 0.167 e. The van der Waals surface area contributed by atoms with Gasteiger partial charge in [0.1, 0.15) is 24.2 Å². The quantitative estimate of drug-likeness (QED) is 0.0865. The lowest BCUT2D eigenvalue weighted by atomic mass is 10.1. The number of hydrazone groups is 1. The van der Waals surface area contributed by atoms with Crippen molar-refractivity contribution in [2.75, 3.05) is 32.5 Å². The summed E-state index contributed by atoms with van der Waals surface area (Å²) in [6.45, 7) is 13.9. The van der Waals surface area contributed by atoms with E-state index in [1.54, 1.807) is 14.0 Å². The highest BCUT2D eigenvalue weighted by Crippen LogP contribution is 2.17. The van der Waals surface area contributed by atoms with Crippen LogP contribution in [-0.2, 0) is 16.0 Å². The third-order valence-electron chi connectivity index (χ3n) is 6.24. The van der Waals surface area contributed by atoms with Crippen LogP contribution in [0.2, 0.25) is 0 Å². The molecular formula is C34H51F2N5O2. The summed E-state index contributed by atoms with van der Waals surface area (Å²) in [5.41, 5.74) is 12.7. The molecule has 2 aromatic carbocycles. The van der Waals surface area contributed by atoms with Gasteiger partial charge in [0, 0.05) is 30.9 Å². The first-order valence-corrected chi connectivity index (χ1v) is 14.8. The first kappa shape index (κ1) is 39.1. The summed E-state index contributed by atoms with van der Waals surface area (Å²) >= 11 is 0. The van der Waals surface area contributed by atoms with Gasteiger partial charge in [-0.15, -0.1) is 0 Å². The molecule has 0 unspecified atom stereocenters. The van der Waals surface area contributed by atoms with Crippen LogP contribution in [0.3, 0.4) is 0 Å². The van der Waals surface area contributed by atoms with Gasteiger partial charge in [-0.2, -0.15) is 5.10 Å². The lowest BCUT2D eigenvalue weighted by Crippen LogP contribution is -2.25. The highest BCUT2D eigenvalue weighted by molar-refractivity contribution is 6.03. The van der Waals surface area contributed by atoms with E-state index in [1.165, 1.54) is 43.3 Å². The van der Waals surface area contributed by atoms with E-state index >= 15 is 0 Å². The minimum Gasteiger partial charge on any atom is -0.381 e. The Labute approximate surface area is 257 Å². The molecule has 7 nitrogen and oxygen atoms in total. The van der Waals surface area contributed by atoms with Gasteiger partial charge in [0.25, 0.3) is 0 Å². The standard InChI is InChI=1S/C18H28N4O.C7H6F2.C6H13N.C3H4O/c1-4-6-8-15(13-23)17(18(19)22-20-3)21-16-11-9-14(7-5-2)10-12-16;1-5-2-6(8)4-7(9)3-5;1-6-3-4-7(2)5-6;1-2-3-4/h9-13,20-21H,4-8H2,1-3H3,(H2,19,22);2-4H,1H3;6H,3-5H2,1-2H3;2-3H,1H2/b17-15+;;;/t;;6-;/m..0./s1. The second-order valence-corrected chi connectivity index (χ2v) is 10.4. The Bertz CT molecular complexity index is 1090. The molecule has 0 spiro atoms. The fourth-order valence-corrected chi connectivity index (χ4v) is 4.13. The minimum absolute atomic E-state index is 0.281. The summed E-state index contributed by atoms with van der Waals surface area (Å²) in [5, 5.41) is 7.26. The molecule has 0 aliphatic carbocycles. The number of aryl methyl sites for hydroxylation is 2. The summed E-state index contributed by atoms with van der Waals surface area (Å²) in [4.78, 5) is 22.9. The van der Waals surface area contributed by atoms with Crippen LogP contribution in [0, 0.1) is 24.5 Å². The Morgan fingerprint density at radius 1 is 1.12 bits per heavy atom. The van der Waals surface area contributed by atoms with Gasteiger partial charge in [-0.05, 0) is 93.6 Å². The van der Waals surface area contributed by atoms with Crippen LogP contribution in [0.15, 0.2) is 71.5 Å². The average Bonchev–Trinajstić information content (AvgIpc) is 3.36. The molecule has 1 saturated heterocycles. The molecule has 1 aliphatic heterocycles. The maximum Gasteiger partial charge on any atom is 0.167 e. The maximum atomic E-state index is 12.2. The molecule has 238 valence electrons. The van der Waals surface area contributed by atoms with Crippen molar-refractivity contribution in [3.63, 3.8) is 0 Å². The Morgan fingerprint density at radius 3 is 2.09 bits per heavy atom. The number of rotatable bonds is 11. The number of carbonyl (C=O) groups excluding carboxylic acids is 2. The van der Waals surface area contributed by atoms with E-state index in [0.29, 0.717) is 29.5 Å². The second-order valence-electron chi connectivity index (χ2n) is 10.4. The van der Waals surface area contributed by atoms with Gasteiger partial charge >= 0.3 is 0 Å². The first-order chi connectivity index (χ1) is 20.5. The zero-order chi connectivity index (χ0) is 32.6. The van der Waals surface area contributed by atoms with E-state index in [2.05, 4.69) is 67.3 Å². The highest BCUT2D eigenvalue weighted by Gasteiger charge is 2.13. The molecule has 2 aromatic rings. The molecular weight excluding hydrogens is 548 g/mol. The SMILES string of the molecule is C=CC=O.CCCC/C(C=O)=C(Nc1ccc(CCC)cc1)/C(N)=N\NC.C[C@H]1CCN(C)C1.Cc1cc(F)cc(F)c1. The highest BCUT2D eigenvalue weighted by atomic mass is 19.1. The minimum atomic E-state index is -0.521. The number of aldehydes is 2. The van der Waals surface area contributed by atoms with Crippen LogP contribution in [-0.4, -0.2) is 50.5 Å². The molecule has 3 rings (SSSR count). The largest absolute Gasteiger partial charge is 0.381 e. The van der Waals surface area contributed by atoms with Crippen molar-refractivity contribution in [3.8, 4) is 0 Å². The maximum absolute atomic E-state index is 12.2. The van der Waals surface area contributed by atoms with Crippen LogP contribution in [0.4, 0.5) is 14.5 Å². The summed E-state index contributed by atoms with van der Waals surface area (Å²) in [5.74, 6) is 0.188. The number of hydrogen-bond acceptors (Lipinski definition) is 6. The number of benzene rings is 2. The number of hydrogen-bond donors (Lipinski definition) is 3. The van der Waals surface area contributed by atoms with Crippen LogP contribution in [0.25, 0.3) is 0 Å². The Hall–Kier alpha value is -3.85. The van der Waals surface area contributed by atoms with Gasteiger partial charge in [-0.25, -0.2) is 8.78 Å². The van der Waals surface area contributed by atoms with E-state index < -0.39 is 11.6 Å². The molecule has 9 heteroatoms. The molecule has 1 atom stereocenters.